The van der Waals surface area contributed by atoms with Gasteiger partial charge in [-0.15, -0.1) is 0 Å². The maximum absolute atomic E-state index is 13.0. The summed E-state index contributed by atoms with van der Waals surface area (Å²) in [5.41, 5.74) is -1.56. The van der Waals surface area contributed by atoms with Gasteiger partial charge in [0.15, 0.2) is 11.6 Å². The summed E-state index contributed by atoms with van der Waals surface area (Å²) in [6, 6.07) is 0.160. The van der Waals surface area contributed by atoms with Crippen molar-refractivity contribution in [2.45, 2.75) is 64.6 Å². The highest BCUT2D eigenvalue weighted by molar-refractivity contribution is 5.95. The summed E-state index contributed by atoms with van der Waals surface area (Å²) in [4.78, 5) is 39.4. The van der Waals surface area contributed by atoms with E-state index in [0.717, 1.165) is 0 Å². The van der Waals surface area contributed by atoms with Crippen molar-refractivity contribution in [1.82, 2.24) is 15.5 Å². The Hall–Kier alpha value is -1.73. The van der Waals surface area contributed by atoms with Crippen molar-refractivity contribution < 1.29 is 19.1 Å². The Morgan fingerprint density at radius 1 is 1.22 bits per heavy atom. The van der Waals surface area contributed by atoms with Gasteiger partial charge in [-0.05, 0) is 33.6 Å². The number of nitrogens with zero attached hydrogens (tertiary/aromatic N) is 1. The summed E-state index contributed by atoms with van der Waals surface area (Å²) in [7, 11) is 0. The summed E-state index contributed by atoms with van der Waals surface area (Å²) in [5, 5.41) is 6.57. The molecule has 0 aromatic carbocycles. The third-order valence-corrected chi connectivity index (χ3v) is 5.27. The predicted octanol–water partition coefficient (Wildman–Crippen LogP) is 1.67. The average Bonchev–Trinajstić information content (AvgIpc) is 2.54. The van der Waals surface area contributed by atoms with Gasteiger partial charge in [0.2, 0.25) is 0 Å². The van der Waals surface area contributed by atoms with Gasteiger partial charge in [-0.2, -0.15) is 0 Å². The highest BCUT2D eigenvalue weighted by Gasteiger charge is 2.52. The van der Waals surface area contributed by atoms with E-state index in [9.17, 15) is 14.4 Å². The Morgan fingerprint density at radius 3 is 2.48 bits per heavy atom. The molecule has 1 fully saturated rings. The van der Waals surface area contributed by atoms with Gasteiger partial charge >= 0.3 is 6.09 Å². The van der Waals surface area contributed by atoms with Crippen LogP contribution >= 0.6 is 0 Å². The Morgan fingerprint density at radius 2 is 1.89 bits per heavy atom. The molecule has 0 aromatic heterocycles. The highest BCUT2D eigenvalue weighted by atomic mass is 16.6. The molecule has 1 saturated heterocycles. The molecule has 3 aliphatic rings. The SMILES string of the molecule is CC(C)N[C@@]1(C)CCC=CCOC(=O)N2CC(C(=O)C(C)C)(C2)NCC1=O. The molecule has 27 heavy (non-hydrogen) atoms. The van der Waals surface area contributed by atoms with Crippen LogP contribution in [-0.4, -0.2) is 65.9 Å². The molecule has 152 valence electrons. The van der Waals surface area contributed by atoms with Crippen LogP contribution in [0.15, 0.2) is 12.2 Å². The smallest absolute Gasteiger partial charge is 0.410 e. The predicted molar refractivity (Wildman–Crippen MR) is 104 cm³/mol. The van der Waals surface area contributed by atoms with E-state index in [-0.39, 0.29) is 49.8 Å². The quantitative estimate of drug-likeness (QED) is 0.723. The number of Topliss-reactive ketones (excluding diaryl/α,β-unsaturated/α-hetero) is 2. The molecule has 0 aliphatic carbocycles. The largest absolute Gasteiger partial charge is 0.445 e. The lowest BCUT2D eigenvalue weighted by Crippen LogP contribution is -2.75. The molecule has 7 nitrogen and oxygen atoms in total. The number of carbonyl (C=O) groups excluding carboxylic acids is 3. The summed E-state index contributed by atoms with van der Waals surface area (Å²) in [5.74, 6) is -0.142. The number of allylic oxidation sites excluding steroid dienone is 1. The number of nitrogens with one attached hydrogen (secondary N) is 2. The molecule has 1 atom stereocenters. The lowest BCUT2D eigenvalue weighted by Gasteiger charge is -2.49. The number of hydrogen-bond donors (Lipinski definition) is 2. The van der Waals surface area contributed by atoms with E-state index in [4.69, 9.17) is 4.74 Å². The number of rotatable bonds is 4. The first-order valence-electron chi connectivity index (χ1n) is 9.77. The second-order valence-electron chi connectivity index (χ2n) is 8.45. The fraction of sp³-hybridized carbons (Fsp3) is 0.750. The first kappa shape index (κ1) is 21.6. The van der Waals surface area contributed by atoms with Crippen molar-refractivity contribution in [3.8, 4) is 0 Å². The second kappa shape index (κ2) is 8.52. The van der Waals surface area contributed by atoms with Crippen LogP contribution < -0.4 is 10.6 Å². The maximum Gasteiger partial charge on any atom is 0.410 e. The molecule has 7 heteroatoms. The van der Waals surface area contributed by atoms with E-state index in [1.54, 1.807) is 6.08 Å². The molecule has 0 radical (unpaired) electrons. The minimum atomic E-state index is -0.873. The van der Waals surface area contributed by atoms with E-state index in [1.165, 1.54) is 4.90 Å². The zero-order chi connectivity index (χ0) is 20.2. The Bertz CT molecular complexity index is 608. The van der Waals surface area contributed by atoms with Crippen LogP contribution in [0.5, 0.6) is 0 Å². The third-order valence-electron chi connectivity index (χ3n) is 5.27. The molecule has 3 heterocycles. The van der Waals surface area contributed by atoms with E-state index >= 15 is 0 Å². The first-order valence-corrected chi connectivity index (χ1v) is 9.77. The molecule has 0 spiro atoms. The van der Waals surface area contributed by atoms with Crippen molar-refractivity contribution in [2.24, 2.45) is 5.92 Å². The number of hydrogen-bond acceptors (Lipinski definition) is 6. The standard InChI is InChI=1S/C20H33N3O4/c1-14(2)17(25)20-12-23(13-20)18(26)27-10-8-6-7-9-19(5,22-15(3)4)16(24)11-21-20/h6,8,14-15,21-22H,7,9-13H2,1-5H3/t19-/m0/s1. The van der Waals surface area contributed by atoms with Crippen LogP contribution in [-0.2, 0) is 14.3 Å². The normalized spacial score (nSPS) is 30.1. The Kier molecular flexibility index (Phi) is 6.81. The van der Waals surface area contributed by atoms with Gasteiger partial charge in [0, 0.05) is 12.0 Å². The number of amides is 1. The average molecular weight is 380 g/mol. The zero-order valence-electron chi connectivity index (χ0n) is 17.1. The van der Waals surface area contributed by atoms with Gasteiger partial charge in [-0.3, -0.25) is 14.9 Å². The van der Waals surface area contributed by atoms with Crippen LogP contribution in [0.4, 0.5) is 4.79 Å². The highest BCUT2D eigenvalue weighted by Crippen LogP contribution is 2.27. The molecule has 3 rings (SSSR count). The Balaban J connectivity index is 2.24. The summed E-state index contributed by atoms with van der Waals surface area (Å²) in [6.07, 6.45) is 4.63. The first-order chi connectivity index (χ1) is 12.6. The molecule has 1 amide bonds. The van der Waals surface area contributed by atoms with E-state index in [0.29, 0.717) is 12.8 Å². The summed E-state index contributed by atoms with van der Waals surface area (Å²) < 4.78 is 5.24. The van der Waals surface area contributed by atoms with Crippen LogP contribution in [0.3, 0.4) is 0 Å². The fourth-order valence-corrected chi connectivity index (χ4v) is 3.78. The van der Waals surface area contributed by atoms with Crippen LogP contribution in [0.25, 0.3) is 0 Å². The van der Waals surface area contributed by atoms with Crippen LogP contribution in [0.2, 0.25) is 0 Å². The van der Waals surface area contributed by atoms with Gasteiger partial charge in [0.05, 0.1) is 25.2 Å². The van der Waals surface area contributed by atoms with E-state index < -0.39 is 17.2 Å². The fourth-order valence-electron chi connectivity index (χ4n) is 3.78. The van der Waals surface area contributed by atoms with Crippen molar-refractivity contribution in [3.05, 3.63) is 12.2 Å². The third kappa shape index (κ3) is 4.96. The lowest BCUT2D eigenvalue weighted by molar-refractivity contribution is -0.136. The molecule has 0 unspecified atom stereocenters. The molecule has 2 bridgehead atoms. The maximum atomic E-state index is 13.0. The summed E-state index contributed by atoms with van der Waals surface area (Å²) >= 11 is 0. The summed E-state index contributed by atoms with van der Waals surface area (Å²) in [6.45, 7) is 10.4. The number of fused-ring (bicyclic) bond motifs is 9. The molecule has 2 N–H and O–H groups in total. The van der Waals surface area contributed by atoms with Crippen LogP contribution in [0, 0.1) is 5.92 Å². The van der Waals surface area contributed by atoms with Gasteiger partial charge in [0.25, 0.3) is 0 Å². The van der Waals surface area contributed by atoms with Crippen molar-refractivity contribution in [3.63, 3.8) is 0 Å². The van der Waals surface area contributed by atoms with Gasteiger partial charge in [0.1, 0.15) is 12.1 Å². The molecule has 3 aliphatic heterocycles. The van der Waals surface area contributed by atoms with Crippen LogP contribution in [0.1, 0.15) is 47.5 Å². The molecule has 0 saturated carbocycles. The molecule has 0 aromatic rings. The Labute approximate surface area is 161 Å². The minimum absolute atomic E-state index is 0.0184. The van der Waals surface area contributed by atoms with Crippen molar-refractivity contribution in [2.75, 3.05) is 26.2 Å². The van der Waals surface area contributed by atoms with Gasteiger partial charge < -0.3 is 15.0 Å². The second-order valence-corrected chi connectivity index (χ2v) is 8.45. The number of ether oxygens (including phenoxy) is 1. The molecular formula is C20H33N3O4. The molecular weight excluding hydrogens is 346 g/mol. The minimum Gasteiger partial charge on any atom is -0.445 e. The topological polar surface area (TPSA) is 87.7 Å². The number of carbonyl (C=O) groups is 3. The number of ketones is 2. The monoisotopic (exact) mass is 379 g/mol. The van der Waals surface area contributed by atoms with Crippen molar-refractivity contribution in [1.29, 1.82) is 0 Å². The lowest BCUT2D eigenvalue weighted by atomic mass is 9.80. The van der Waals surface area contributed by atoms with E-state index in [2.05, 4.69) is 10.6 Å². The van der Waals surface area contributed by atoms with Gasteiger partial charge in [-0.25, -0.2) is 4.79 Å². The zero-order valence-corrected chi connectivity index (χ0v) is 17.1. The van der Waals surface area contributed by atoms with Crippen molar-refractivity contribution >= 4 is 17.7 Å². The van der Waals surface area contributed by atoms with Gasteiger partial charge in [-0.1, -0.05) is 26.0 Å². The van der Waals surface area contributed by atoms with E-state index in [1.807, 2.05) is 40.7 Å².